The van der Waals surface area contributed by atoms with Crippen LogP contribution in [-0.2, 0) is 5.41 Å². The Morgan fingerprint density at radius 2 is 1.48 bits per heavy atom. The third-order valence-corrected chi connectivity index (χ3v) is 4.57. The molecule has 0 aliphatic carbocycles. The molecule has 5 heteroatoms. The van der Waals surface area contributed by atoms with Crippen LogP contribution >= 0.6 is 0 Å². The second-order valence-electron chi connectivity index (χ2n) is 7.45. The van der Waals surface area contributed by atoms with Crippen LogP contribution in [0, 0.1) is 0 Å². The summed E-state index contributed by atoms with van der Waals surface area (Å²) in [6.07, 6.45) is 0. The zero-order valence-corrected chi connectivity index (χ0v) is 17.2. The van der Waals surface area contributed by atoms with Gasteiger partial charge in [0, 0.05) is 0 Å². The molecule has 1 amide bonds. The Labute approximate surface area is 161 Å². The van der Waals surface area contributed by atoms with Crippen molar-refractivity contribution < 1.29 is 19.0 Å². The summed E-state index contributed by atoms with van der Waals surface area (Å²) in [4.78, 5) is 12.8. The molecule has 0 spiro atoms. The molecule has 1 unspecified atom stereocenters. The number of carbonyl (C=O) groups is 1. The number of hydrogen-bond acceptors (Lipinski definition) is 4. The molecule has 2 aromatic rings. The normalized spacial score (nSPS) is 12.3. The molecule has 1 N–H and O–H groups in total. The highest BCUT2D eigenvalue weighted by Crippen LogP contribution is 2.39. The zero-order valence-electron chi connectivity index (χ0n) is 17.2. The Bertz CT molecular complexity index is 791. The van der Waals surface area contributed by atoms with Crippen molar-refractivity contribution >= 4 is 5.91 Å². The van der Waals surface area contributed by atoms with E-state index in [9.17, 15) is 4.79 Å². The van der Waals surface area contributed by atoms with Crippen LogP contribution in [0.5, 0.6) is 17.2 Å². The third-order valence-electron chi connectivity index (χ3n) is 4.57. The predicted octanol–water partition coefficient (Wildman–Crippen LogP) is 4.50. The molecule has 0 bridgehead atoms. The summed E-state index contributed by atoms with van der Waals surface area (Å²) in [5, 5.41) is 3.02. The molecule has 0 aromatic heterocycles. The van der Waals surface area contributed by atoms with Crippen molar-refractivity contribution in [2.75, 3.05) is 21.3 Å². The molecule has 0 radical (unpaired) electrons. The van der Waals surface area contributed by atoms with Crippen molar-refractivity contribution in [3.8, 4) is 17.2 Å². The summed E-state index contributed by atoms with van der Waals surface area (Å²) in [5.74, 6) is 1.02. The van der Waals surface area contributed by atoms with Crippen LogP contribution in [0.1, 0.15) is 55.2 Å². The molecular formula is C22H29NO4. The number of rotatable bonds is 6. The van der Waals surface area contributed by atoms with E-state index in [2.05, 4.69) is 50.4 Å². The van der Waals surface area contributed by atoms with E-state index in [1.165, 1.54) is 19.8 Å². The molecule has 2 aromatic carbocycles. The maximum Gasteiger partial charge on any atom is 0.255 e. The molecule has 0 aliphatic heterocycles. The van der Waals surface area contributed by atoms with Gasteiger partial charge in [0.15, 0.2) is 11.5 Å². The van der Waals surface area contributed by atoms with Gasteiger partial charge in [-0.15, -0.1) is 0 Å². The lowest BCUT2D eigenvalue weighted by Gasteiger charge is -2.21. The Balaban J connectivity index is 2.24. The summed E-state index contributed by atoms with van der Waals surface area (Å²) in [6, 6.07) is 11.5. The predicted molar refractivity (Wildman–Crippen MR) is 107 cm³/mol. The van der Waals surface area contributed by atoms with Gasteiger partial charge in [-0.2, -0.15) is 0 Å². The van der Waals surface area contributed by atoms with E-state index in [1.54, 1.807) is 19.2 Å². The van der Waals surface area contributed by atoms with Crippen molar-refractivity contribution in [2.45, 2.75) is 39.2 Å². The molecular weight excluding hydrogens is 342 g/mol. The van der Waals surface area contributed by atoms with Crippen molar-refractivity contribution in [3.63, 3.8) is 0 Å². The topological polar surface area (TPSA) is 56.8 Å². The first kappa shape index (κ1) is 20.6. The number of ether oxygens (including phenoxy) is 3. The lowest BCUT2D eigenvalue weighted by Crippen LogP contribution is -2.27. The Morgan fingerprint density at radius 1 is 0.889 bits per heavy atom. The standard InChI is InChI=1S/C22H29NO4/c1-14(15-8-10-16(11-9-15)22(2,3)4)23-21(24)17-12-13-18(25-5)20(27-7)19(17)26-6/h8-14H,1-7H3,(H,23,24). The smallest absolute Gasteiger partial charge is 0.255 e. The maximum absolute atomic E-state index is 12.8. The van der Waals surface area contributed by atoms with Gasteiger partial charge in [-0.05, 0) is 35.6 Å². The van der Waals surface area contributed by atoms with Crippen molar-refractivity contribution in [1.29, 1.82) is 0 Å². The van der Waals surface area contributed by atoms with Gasteiger partial charge in [-0.3, -0.25) is 4.79 Å². The maximum atomic E-state index is 12.8. The SMILES string of the molecule is COc1ccc(C(=O)NC(C)c2ccc(C(C)(C)C)cc2)c(OC)c1OC. The highest BCUT2D eigenvalue weighted by atomic mass is 16.5. The first-order chi connectivity index (χ1) is 12.7. The van der Waals surface area contributed by atoms with Gasteiger partial charge >= 0.3 is 0 Å². The second-order valence-corrected chi connectivity index (χ2v) is 7.45. The molecule has 5 nitrogen and oxygen atoms in total. The molecule has 0 fully saturated rings. The number of amides is 1. The largest absolute Gasteiger partial charge is 0.493 e. The monoisotopic (exact) mass is 371 g/mol. The molecule has 0 saturated heterocycles. The van der Waals surface area contributed by atoms with Crippen LogP contribution in [0.2, 0.25) is 0 Å². The molecule has 0 heterocycles. The summed E-state index contributed by atoms with van der Waals surface area (Å²) in [6.45, 7) is 8.49. The lowest BCUT2D eigenvalue weighted by molar-refractivity contribution is 0.0936. The molecule has 2 rings (SSSR count). The summed E-state index contributed by atoms with van der Waals surface area (Å²) < 4.78 is 16.0. The highest BCUT2D eigenvalue weighted by molar-refractivity contribution is 5.98. The Hall–Kier alpha value is -2.69. The van der Waals surface area contributed by atoms with Gasteiger partial charge in [0.1, 0.15) is 0 Å². The van der Waals surface area contributed by atoms with Crippen LogP contribution in [0.3, 0.4) is 0 Å². The van der Waals surface area contributed by atoms with Crippen LogP contribution in [0.15, 0.2) is 36.4 Å². The van der Waals surface area contributed by atoms with Crippen LogP contribution in [0.25, 0.3) is 0 Å². The third kappa shape index (κ3) is 4.54. The summed E-state index contributed by atoms with van der Waals surface area (Å²) >= 11 is 0. The first-order valence-electron chi connectivity index (χ1n) is 8.93. The molecule has 0 aliphatic rings. The minimum absolute atomic E-state index is 0.0953. The lowest BCUT2D eigenvalue weighted by atomic mass is 9.86. The van der Waals surface area contributed by atoms with Gasteiger partial charge in [0.2, 0.25) is 5.75 Å². The van der Waals surface area contributed by atoms with E-state index in [-0.39, 0.29) is 17.4 Å². The summed E-state index contributed by atoms with van der Waals surface area (Å²) in [7, 11) is 4.56. The van der Waals surface area contributed by atoms with E-state index in [0.29, 0.717) is 22.8 Å². The fraction of sp³-hybridized carbons (Fsp3) is 0.409. The summed E-state index contributed by atoms with van der Waals surface area (Å²) in [5.41, 5.74) is 2.79. The number of nitrogens with one attached hydrogen (secondary N) is 1. The van der Waals surface area contributed by atoms with Crippen molar-refractivity contribution in [3.05, 3.63) is 53.1 Å². The fourth-order valence-electron chi connectivity index (χ4n) is 2.91. The van der Waals surface area contributed by atoms with Gasteiger partial charge in [-0.25, -0.2) is 0 Å². The quantitative estimate of drug-likeness (QED) is 0.812. The van der Waals surface area contributed by atoms with Crippen molar-refractivity contribution in [2.24, 2.45) is 0 Å². The Kier molecular flexibility index (Phi) is 6.37. The van der Waals surface area contributed by atoms with E-state index >= 15 is 0 Å². The Morgan fingerprint density at radius 3 is 1.96 bits per heavy atom. The first-order valence-corrected chi connectivity index (χ1v) is 8.93. The zero-order chi connectivity index (χ0) is 20.2. The van der Waals surface area contributed by atoms with E-state index in [1.807, 2.05) is 6.92 Å². The van der Waals surface area contributed by atoms with E-state index in [4.69, 9.17) is 14.2 Å². The number of methoxy groups -OCH3 is 3. The van der Waals surface area contributed by atoms with Gasteiger partial charge in [0.25, 0.3) is 5.91 Å². The molecule has 146 valence electrons. The molecule has 0 saturated carbocycles. The number of hydrogen-bond donors (Lipinski definition) is 1. The highest BCUT2D eigenvalue weighted by Gasteiger charge is 2.22. The molecule has 1 atom stereocenters. The van der Waals surface area contributed by atoms with Crippen molar-refractivity contribution in [1.82, 2.24) is 5.32 Å². The average molecular weight is 371 g/mol. The number of carbonyl (C=O) groups excluding carboxylic acids is 1. The van der Waals surface area contributed by atoms with Crippen LogP contribution < -0.4 is 19.5 Å². The van der Waals surface area contributed by atoms with Crippen LogP contribution in [0.4, 0.5) is 0 Å². The average Bonchev–Trinajstić information content (AvgIpc) is 2.65. The number of benzene rings is 2. The van der Waals surface area contributed by atoms with Crippen LogP contribution in [-0.4, -0.2) is 27.2 Å². The van der Waals surface area contributed by atoms with Gasteiger partial charge in [-0.1, -0.05) is 45.0 Å². The van der Waals surface area contributed by atoms with E-state index < -0.39 is 0 Å². The fourth-order valence-corrected chi connectivity index (χ4v) is 2.91. The molecule has 27 heavy (non-hydrogen) atoms. The van der Waals surface area contributed by atoms with Gasteiger partial charge in [0.05, 0.1) is 32.9 Å². The van der Waals surface area contributed by atoms with Gasteiger partial charge < -0.3 is 19.5 Å². The minimum atomic E-state index is -0.236. The minimum Gasteiger partial charge on any atom is -0.493 e. The van der Waals surface area contributed by atoms with E-state index in [0.717, 1.165) is 5.56 Å². The second kappa shape index (κ2) is 8.33.